The Balaban J connectivity index is 2.49. The molecule has 2 amide bonds. The molecule has 0 aromatic heterocycles. The maximum atomic E-state index is 11.9. The average Bonchev–Trinajstić information content (AvgIpc) is 2.42. The molecule has 0 heterocycles. The SMILES string of the molecule is CCN(CC(N)=O)C(=O)[C@@H](O)[CH]Cc1ccccc1. The van der Waals surface area contributed by atoms with Crippen molar-refractivity contribution in [2.45, 2.75) is 19.4 Å². The van der Waals surface area contributed by atoms with Crippen LogP contribution in [0.4, 0.5) is 0 Å². The fraction of sp³-hybridized carbons (Fsp3) is 0.357. The first-order valence-electron chi connectivity index (χ1n) is 6.17. The highest BCUT2D eigenvalue weighted by atomic mass is 16.3. The minimum atomic E-state index is -1.22. The van der Waals surface area contributed by atoms with Crippen molar-refractivity contribution in [1.29, 1.82) is 0 Å². The Morgan fingerprint density at radius 1 is 1.37 bits per heavy atom. The molecule has 0 unspecified atom stereocenters. The van der Waals surface area contributed by atoms with E-state index in [0.717, 1.165) is 5.56 Å². The summed E-state index contributed by atoms with van der Waals surface area (Å²) >= 11 is 0. The third-order valence-electron chi connectivity index (χ3n) is 2.71. The van der Waals surface area contributed by atoms with Gasteiger partial charge in [0.1, 0.15) is 6.10 Å². The summed E-state index contributed by atoms with van der Waals surface area (Å²) in [4.78, 5) is 23.9. The lowest BCUT2D eigenvalue weighted by molar-refractivity contribution is -0.141. The van der Waals surface area contributed by atoms with Gasteiger partial charge in [-0.1, -0.05) is 30.3 Å². The quantitative estimate of drug-likeness (QED) is 0.733. The molecule has 1 aromatic carbocycles. The Hall–Kier alpha value is -1.88. The number of rotatable bonds is 7. The molecule has 0 saturated heterocycles. The summed E-state index contributed by atoms with van der Waals surface area (Å²) in [6.07, 6.45) is 0.780. The highest BCUT2D eigenvalue weighted by Gasteiger charge is 2.22. The van der Waals surface area contributed by atoms with Gasteiger partial charge in [-0.3, -0.25) is 9.59 Å². The zero-order chi connectivity index (χ0) is 14.3. The van der Waals surface area contributed by atoms with Gasteiger partial charge in [-0.05, 0) is 18.9 Å². The minimum Gasteiger partial charge on any atom is -0.383 e. The van der Waals surface area contributed by atoms with E-state index in [-0.39, 0.29) is 6.54 Å². The van der Waals surface area contributed by atoms with E-state index in [4.69, 9.17) is 5.73 Å². The van der Waals surface area contributed by atoms with Gasteiger partial charge >= 0.3 is 0 Å². The Bertz CT molecular complexity index is 420. The average molecular weight is 263 g/mol. The van der Waals surface area contributed by atoms with E-state index >= 15 is 0 Å². The first-order valence-corrected chi connectivity index (χ1v) is 6.17. The maximum absolute atomic E-state index is 11.9. The molecule has 1 rings (SSSR count). The van der Waals surface area contributed by atoms with E-state index in [1.54, 1.807) is 6.92 Å². The second-order valence-corrected chi connectivity index (χ2v) is 4.19. The van der Waals surface area contributed by atoms with Crippen molar-refractivity contribution in [3.8, 4) is 0 Å². The van der Waals surface area contributed by atoms with Gasteiger partial charge in [-0.25, -0.2) is 0 Å². The van der Waals surface area contributed by atoms with Crippen molar-refractivity contribution < 1.29 is 14.7 Å². The predicted octanol–water partition coefficient (Wildman–Crippen LogP) is 0.128. The number of amides is 2. The molecule has 0 saturated carbocycles. The monoisotopic (exact) mass is 263 g/mol. The molecule has 0 spiro atoms. The number of aliphatic hydroxyl groups excluding tert-OH is 1. The maximum Gasteiger partial charge on any atom is 0.252 e. The summed E-state index contributed by atoms with van der Waals surface area (Å²) in [5.74, 6) is -1.09. The fourth-order valence-electron chi connectivity index (χ4n) is 1.68. The lowest BCUT2D eigenvalue weighted by atomic mass is 10.1. The molecule has 0 bridgehead atoms. The minimum absolute atomic E-state index is 0.175. The van der Waals surface area contributed by atoms with E-state index < -0.39 is 17.9 Å². The normalized spacial score (nSPS) is 11.9. The summed E-state index contributed by atoms with van der Waals surface area (Å²) in [7, 11) is 0. The second-order valence-electron chi connectivity index (χ2n) is 4.19. The largest absolute Gasteiger partial charge is 0.383 e. The molecule has 19 heavy (non-hydrogen) atoms. The van der Waals surface area contributed by atoms with Gasteiger partial charge in [-0.2, -0.15) is 0 Å². The van der Waals surface area contributed by atoms with Crippen LogP contribution in [0.1, 0.15) is 12.5 Å². The van der Waals surface area contributed by atoms with Crippen LogP contribution >= 0.6 is 0 Å². The zero-order valence-electron chi connectivity index (χ0n) is 11.0. The zero-order valence-corrected chi connectivity index (χ0v) is 11.0. The van der Waals surface area contributed by atoms with Crippen molar-refractivity contribution in [2.75, 3.05) is 13.1 Å². The summed E-state index contributed by atoms with van der Waals surface area (Å²) in [5, 5.41) is 9.79. The molecule has 0 aliphatic carbocycles. The molecule has 5 nitrogen and oxygen atoms in total. The Labute approximate surface area is 113 Å². The standard InChI is InChI=1S/C14H19N2O3/c1-2-16(10-13(15)18)14(19)12(17)9-8-11-6-4-3-5-7-11/h3-7,9,12,17H,2,8,10H2,1H3,(H2,15,18)/t12-/m0/s1. The van der Waals surface area contributed by atoms with Crippen LogP contribution in [0.15, 0.2) is 30.3 Å². The van der Waals surface area contributed by atoms with Crippen molar-refractivity contribution in [3.05, 3.63) is 42.3 Å². The van der Waals surface area contributed by atoms with Gasteiger partial charge in [0.25, 0.3) is 5.91 Å². The molecule has 0 fully saturated rings. The molecule has 0 aliphatic heterocycles. The summed E-state index contributed by atoms with van der Waals surface area (Å²) in [5.41, 5.74) is 6.05. The van der Waals surface area contributed by atoms with E-state index in [1.807, 2.05) is 30.3 Å². The van der Waals surface area contributed by atoms with E-state index in [9.17, 15) is 14.7 Å². The Morgan fingerprint density at radius 3 is 2.53 bits per heavy atom. The first-order chi connectivity index (χ1) is 9.04. The number of primary amides is 1. The molecule has 3 N–H and O–H groups in total. The number of hydrogen-bond acceptors (Lipinski definition) is 3. The van der Waals surface area contributed by atoms with E-state index in [1.165, 1.54) is 11.3 Å². The van der Waals surface area contributed by atoms with Crippen molar-refractivity contribution in [2.24, 2.45) is 5.73 Å². The third-order valence-corrected chi connectivity index (χ3v) is 2.71. The van der Waals surface area contributed by atoms with Gasteiger partial charge in [0, 0.05) is 13.0 Å². The van der Waals surface area contributed by atoms with Crippen LogP contribution in [0, 0.1) is 6.42 Å². The van der Waals surface area contributed by atoms with Gasteiger partial charge in [0.05, 0.1) is 6.54 Å². The molecular formula is C14H19N2O3. The number of aliphatic hydroxyl groups is 1. The summed E-state index contributed by atoms with van der Waals surface area (Å²) in [6.45, 7) is 1.88. The van der Waals surface area contributed by atoms with E-state index in [2.05, 4.69) is 0 Å². The molecule has 1 aromatic rings. The van der Waals surface area contributed by atoms with Crippen molar-refractivity contribution >= 4 is 11.8 Å². The Morgan fingerprint density at radius 2 is 2.00 bits per heavy atom. The van der Waals surface area contributed by atoms with Crippen LogP contribution in [-0.2, 0) is 16.0 Å². The molecule has 5 heteroatoms. The smallest absolute Gasteiger partial charge is 0.252 e. The summed E-state index contributed by atoms with van der Waals surface area (Å²) < 4.78 is 0. The number of carbonyl (C=O) groups excluding carboxylic acids is 2. The third kappa shape index (κ3) is 5.09. The molecule has 1 radical (unpaired) electrons. The van der Waals surface area contributed by atoms with Gasteiger partial charge < -0.3 is 15.7 Å². The predicted molar refractivity (Wildman–Crippen MR) is 71.9 cm³/mol. The number of hydrogen-bond donors (Lipinski definition) is 2. The number of carbonyl (C=O) groups is 2. The first kappa shape index (κ1) is 15.2. The lowest BCUT2D eigenvalue weighted by Crippen LogP contribution is -2.43. The Kier molecular flexibility index (Phi) is 6.02. The highest BCUT2D eigenvalue weighted by molar-refractivity contribution is 5.87. The number of likely N-dealkylation sites (N-methyl/N-ethyl adjacent to an activating group) is 1. The van der Waals surface area contributed by atoms with Crippen LogP contribution < -0.4 is 5.73 Å². The van der Waals surface area contributed by atoms with Crippen LogP contribution in [0.2, 0.25) is 0 Å². The topological polar surface area (TPSA) is 83.6 Å². The van der Waals surface area contributed by atoms with Crippen LogP contribution in [0.5, 0.6) is 0 Å². The lowest BCUT2D eigenvalue weighted by Gasteiger charge is -2.22. The molecule has 0 aliphatic rings. The van der Waals surface area contributed by atoms with Gasteiger partial charge in [-0.15, -0.1) is 0 Å². The van der Waals surface area contributed by atoms with Gasteiger partial charge in [0.2, 0.25) is 5.91 Å². The van der Waals surface area contributed by atoms with Crippen molar-refractivity contribution in [1.82, 2.24) is 4.90 Å². The van der Waals surface area contributed by atoms with Crippen LogP contribution in [-0.4, -0.2) is 41.0 Å². The van der Waals surface area contributed by atoms with E-state index in [0.29, 0.717) is 13.0 Å². The molecular weight excluding hydrogens is 244 g/mol. The number of nitrogens with zero attached hydrogens (tertiary/aromatic N) is 1. The van der Waals surface area contributed by atoms with Crippen LogP contribution in [0.3, 0.4) is 0 Å². The number of nitrogens with two attached hydrogens (primary N) is 1. The molecule has 1 atom stereocenters. The van der Waals surface area contributed by atoms with Crippen LogP contribution in [0.25, 0.3) is 0 Å². The highest BCUT2D eigenvalue weighted by Crippen LogP contribution is 2.06. The van der Waals surface area contributed by atoms with Gasteiger partial charge in [0.15, 0.2) is 0 Å². The number of benzene rings is 1. The van der Waals surface area contributed by atoms with Crippen molar-refractivity contribution in [3.63, 3.8) is 0 Å². The second kappa shape index (κ2) is 7.53. The summed E-state index contributed by atoms with van der Waals surface area (Å²) in [6, 6.07) is 9.51. The molecule has 103 valence electrons. The fourth-order valence-corrected chi connectivity index (χ4v) is 1.68.